The fourth-order valence-corrected chi connectivity index (χ4v) is 2.84. The SMILES string of the molecule is CC1CCCN(CC(O)c2ccc(OC(C)C)cc2)C1. The van der Waals surface area contributed by atoms with Crippen LogP contribution in [0.1, 0.15) is 45.3 Å². The highest BCUT2D eigenvalue weighted by molar-refractivity contribution is 5.28. The third-order valence-electron chi connectivity index (χ3n) is 3.81. The standard InChI is InChI=1S/C17H27NO2/c1-13(2)20-16-8-6-15(7-9-16)17(19)12-18-10-4-5-14(3)11-18/h6-9,13-14,17,19H,4-5,10-12H2,1-3H3. The van der Waals surface area contributed by atoms with Gasteiger partial charge >= 0.3 is 0 Å². The molecule has 1 heterocycles. The summed E-state index contributed by atoms with van der Waals surface area (Å²) in [5.74, 6) is 1.61. The summed E-state index contributed by atoms with van der Waals surface area (Å²) in [4.78, 5) is 2.37. The van der Waals surface area contributed by atoms with Crippen molar-refractivity contribution in [2.75, 3.05) is 19.6 Å². The Kier molecular flexibility index (Phi) is 5.44. The van der Waals surface area contributed by atoms with Crippen molar-refractivity contribution in [2.24, 2.45) is 5.92 Å². The van der Waals surface area contributed by atoms with Gasteiger partial charge in [-0.3, -0.25) is 0 Å². The molecule has 0 amide bonds. The average Bonchev–Trinajstić information content (AvgIpc) is 2.38. The molecular weight excluding hydrogens is 250 g/mol. The Morgan fingerprint density at radius 3 is 2.60 bits per heavy atom. The maximum absolute atomic E-state index is 10.3. The predicted molar refractivity (Wildman–Crippen MR) is 82.0 cm³/mol. The summed E-state index contributed by atoms with van der Waals surface area (Å²) in [6.45, 7) is 9.26. The molecule has 20 heavy (non-hydrogen) atoms. The van der Waals surface area contributed by atoms with E-state index < -0.39 is 6.10 Å². The first-order valence-corrected chi connectivity index (χ1v) is 7.71. The molecule has 1 aromatic carbocycles. The van der Waals surface area contributed by atoms with Crippen molar-refractivity contribution >= 4 is 0 Å². The van der Waals surface area contributed by atoms with Crippen molar-refractivity contribution in [2.45, 2.75) is 45.8 Å². The number of likely N-dealkylation sites (tertiary alicyclic amines) is 1. The Balaban J connectivity index is 1.90. The van der Waals surface area contributed by atoms with Gasteiger partial charge in [-0.15, -0.1) is 0 Å². The first-order chi connectivity index (χ1) is 9.54. The smallest absolute Gasteiger partial charge is 0.119 e. The van der Waals surface area contributed by atoms with Crippen LogP contribution in [0, 0.1) is 5.92 Å². The largest absolute Gasteiger partial charge is 0.491 e. The van der Waals surface area contributed by atoms with Gasteiger partial charge in [0.25, 0.3) is 0 Å². The summed E-state index contributed by atoms with van der Waals surface area (Å²) in [5.41, 5.74) is 0.972. The first-order valence-electron chi connectivity index (χ1n) is 7.71. The minimum atomic E-state index is -0.409. The number of aliphatic hydroxyl groups is 1. The number of nitrogens with zero attached hydrogens (tertiary/aromatic N) is 1. The highest BCUT2D eigenvalue weighted by Crippen LogP contribution is 2.22. The Morgan fingerprint density at radius 1 is 1.30 bits per heavy atom. The number of ether oxygens (including phenoxy) is 1. The van der Waals surface area contributed by atoms with Gasteiger partial charge in [0.15, 0.2) is 0 Å². The van der Waals surface area contributed by atoms with Crippen LogP contribution in [0.4, 0.5) is 0 Å². The van der Waals surface area contributed by atoms with Gasteiger partial charge in [0, 0.05) is 13.1 Å². The average molecular weight is 277 g/mol. The van der Waals surface area contributed by atoms with Crippen molar-refractivity contribution < 1.29 is 9.84 Å². The molecule has 1 saturated heterocycles. The van der Waals surface area contributed by atoms with E-state index in [2.05, 4.69) is 11.8 Å². The van der Waals surface area contributed by atoms with E-state index >= 15 is 0 Å². The van der Waals surface area contributed by atoms with E-state index in [0.29, 0.717) is 0 Å². The molecule has 112 valence electrons. The van der Waals surface area contributed by atoms with Gasteiger partial charge in [-0.1, -0.05) is 19.1 Å². The van der Waals surface area contributed by atoms with Gasteiger partial charge in [0.2, 0.25) is 0 Å². The third-order valence-corrected chi connectivity index (χ3v) is 3.81. The van der Waals surface area contributed by atoms with E-state index in [1.165, 1.54) is 12.8 Å². The summed E-state index contributed by atoms with van der Waals surface area (Å²) in [5, 5.41) is 10.3. The predicted octanol–water partition coefficient (Wildman–Crippen LogP) is 3.24. The molecule has 2 atom stereocenters. The van der Waals surface area contributed by atoms with Crippen molar-refractivity contribution in [1.29, 1.82) is 0 Å². The van der Waals surface area contributed by atoms with Crippen LogP contribution in [-0.2, 0) is 0 Å². The molecule has 0 bridgehead atoms. The lowest BCUT2D eigenvalue weighted by Crippen LogP contribution is -2.37. The molecule has 2 rings (SSSR count). The normalized spacial score (nSPS) is 21.9. The van der Waals surface area contributed by atoms with Gasteiger partial charge in [0.1, 0.15) is 5.75 Å². The molecule has 0 aromatic heterocycles. The fourth-order valence-electron chi connectivity index (χ4n) is 2.84. The molecule has 0 radical (unpaired) electrons. The van der Waals surface area contributed by atoms with Crippen LogP contribution in [0.5, 0.6) is 5.75 Å². The van der Waals surface area contributed by atoms with Crippen molar-refractivity contribution in [3.8, 4) is 5.75 Å². The van der Waals surface area contributed by atoms with Crippen LogP contribution >= 0.6 is 0 Å². The zero-order valence-corrected chi connectivity index (χ0v) is 12.9. The first kappa shape index (κ1) is 15.3. The van der Waals surface area contributed by atoms with Gasteiger partial charge in [-0.25, -0.2) is 0 Å². The Labute approximate surface area is 122 Å². The molecule has 1 aromatic rings. The van der Waals surface area contributed by atoms with E-state index in [1.807, 2.05) is 38.1 Å². The molecule has 0 spiro atoms. The number of benzene rings is 1. The van der Waals surface area contributed by atoms with Gasteiger partial charge in [0.05, 0.1) is 12.2 Å². The number of hydrogen-bond donors (Lipinski definition) is 1. The minimum Gasteiger partial charge on any atom is -0.491 e. The molecule has 0 aliphatic carbocycles. The summed E-state index contributed by atoms with van der Waals surface area (Å²) in [7, 11) is 0. The lowest BCUT2D eigenvalue weighted by atomic mass is 9.99. The maximum Gasteiger partial charge on any atom is 0.119 e. The van der Waals surface area contributed by atoms with Crippen LogP contribution < -0.4 is 4.74 Å². The summed E-state index contributed by atoms with van der Waals surface area (Å²) in [6.07, 6.45) is 2.33. The number of rotatable bonds is 5. The third kappa shape index (κ3) is 4.50. The molecule has 2 unspecified atom stereocenters. The zero-order chi connectivity index (χ0) is 14.5. The Hall–Kier alpha value is -1.06. The molecule has 1 aliphatic heterocycles. The van der Waals surface area contributed by atoms with Crippen LogP contribution in [0.15, 0.2) is 24.3 Å². The number of β-amino-alcohol motifs (C(OH)–C–C–N with tert-alkyl or cyclic N) is 1. The molecule has 1 N–H and O–H groups in total. The quantitative estimate of drug-likeness (QED) is 0.897. The number of piperidine rings is 1. The lowest BCUT2D eigenvalue weighted by Gasteiger charge is -2.32. The van der Waals surface area contributed by atoms with Gasteiger partial charge in [-0.2, -0.15) is 0 Å². The van der Waals surface area contributed by atoms with Gasteiger partial charge in [-0.05, 0) is 56.8 Å². The second kappa shape index (κ2) is 7.09. The minimum absolute atomic E-state index is 0.181. The molecule has 1 aliphatic rings. The van der Waals surface area contributed by atoms with Crippen molar-refractivity contribution in [3.05, 3.63) is 29.8 Å². The van der Waals surface area contributed by atoms with Crippen LogP contribution in [-0.4, -0.2) is 35.7 Å². The molecule has 0 saturated carbocycles. The lowest BCUT2D eigenvalue weighted by molar-refractivity contribution is 0.0875. The highest BCUT2D eigenvalue weighted by Gasteiger charge is 2.19. The summed E-state index contributed by atoms with van der Waals surface area (Å²) >= 11 is 0. The maximum atomic E-state index is 10.3. The van der Waals surface area contributed by atoms with E-state index in [0.717, 1.165) is 36.9 Å². The second-order valence-electron chi connectivity index (χ2n) is 6.26. The highest BCUT2D eigenvalue weighted by atomic mass is 16.5. The van der Waals surface area contributed by atoms with E-state index in [9.17, 15) is 5.11 Å². The van der Waals surface area contributed by atoms with Crippen molar-refractivity contribution in [1.82, 2.24) is 4.90 Å². The fraction of sp³-hybridized carbons (Fsp3) is 0.647. The van der Waals surface area contributed by atoms with E-state index in [1.54, 1.807) is 0 Å². The summed E-state index contributed by atoms with van der Waals surface area (Å²) < 4.78 is 5.62. The van der Waals surface area contributed by atoms with Crippen LogP contribution in [0.3, 0.4) is 0 Å². The summed E-state index contributed by atoms with van der Waals surface area (Å²) in [6, 6.07) is 7.82. The zero-order valence-electron chi connectivity index (χ0n) is 12.9. The number of aliphatic hydroxyl groups excluding tert-OH is 1. The Morgan fingerprint density at radius 2 is 2.00 bits per heavy atom. The van der Waals surface area contributed by atoms with Crippen LogP contribution in [0.2, 0.25) is 0 Å². The molecular formula is C17H27NO2. The van der Waals surface area contributed by atoms with Crippen LogP contribution in [0.25, 0.3) is 0 Å². The molecule has 3 heteroatoms. The molecule has 3 nitrogen and oxygen atoms in total. The van der Waals surface area contributed by atoms with Crippen molar-refractivity contribution in [3.63, 3.8) is 0 Å². The monoisotopic (exact) mass is 277 g/mol. The van der Waals surface area contributed by atoms with E-state index in [-0.39, 0.29) is 6.10 Å². The van der Waals surface area contributed by atoms with Gasteiger partial charge < -0.3 is 14.7 Å². The second-order valence-corrected chi connectivity index (χ2v) is 6.26. The molecule has 1 fully saturated rings. The Bertz CT molecular complexity index is 402. The van der Waals surface area contributed by atoms with E-state index in [4.69, 9.17) is 4.74 Å². The number of hydrogen-bond acceptors (Lipinski definition) is 3. The topological polar surface area (TPSA) is 32.7 Å².